The molecular formula is C14H18N2O5. The van der Waals surface area contributed by atoms with Crippen LogP contribution in [0.1, 0.15) is 29.6 Å². The maximum Gasteiger partial charge on any atom is 0.311 e. The first-order chi connectivity index (χ1) is 10.1. The number of aliphatic hydroxyl groups is 1. The molecule has 1 amide bonds. The average molecular weight is 294 g/mol. The molecule has 1 aromatic rings. The lowest BCUT2D eigenvalue weighted by Gasteiger charge is -2.19. The van der Waals surface area contributed by atoms with Crippen LogP contribution in [0.15, 0.2) is 18.2 Å². The molecule has 1 aliphatic rings. The fourth-order valence-corrected chi connectivity index (χ4v) is 2.75. The number of ether oxygens (including phenoxy) is 1. The summed E-state index contributed by atoms with van der Waals surface area (Å²) in [6.45, 7) is 0.0248. The molecule has 2 unspecified atom stereocenters. The summed E-state index contributed by atoms with van der Waals surface area (Å²) in [4.78, 5) is 22.7. The van der Waals surface area contributed by atoms with Gasteiger partial charge in [0.2, 0.25) is 5.75 Å². The smallest absolute Gasteiger partial charge is 0.311 e. The number of amides is 1. The molecular weight excluding hydrogens is 276 g/mol. The minimum absolute atomic E-state index is 0.0248. The quantitative estimate of drug-likeness (QED) is 0.633. The molecule has 0 saturated heterocycles. The summed E-state index contributed by atoms with van der Waals surface area (Å²) in [6, 6.07) is 4.13. The van der Waals surface area contributed by atoms with Gasteiger partial charge in [0.1, 0.15) is 0 Å². The first-order valence-corrected chi connectivity index (χ1v) is 6.81. The highest BCUT2D eigenvalue weighted by Crippen LogP contribution is 2.31. The summed E-state index contributed by atoms with van der Waals surface area (Å²) in [5.74, 6) is -0.418. The Hall–Kier alpha value is -2.15. The molecule has 7 heteroatoms. The van der Waals surface area contributed by atoms with Crippen molar-refractivity contribution in [2.45, 2.75) is 25.3 Å². The number of carbonyl (C=O) groups excluding carboxylic acids is 1. The van der Waals surface area contributed by atoms with Crippen molar-refractivity contribution in [3.8, 4) is 5.75 Å². The normalized spacial score (nSPS) is 21.0. The van der Waals surface area contributed by atoms with Gasteiger partial charge in [-0.15, -0.1) is 0 Å². The fraction of sp³-hybridized carbons (Fsp3) is 0.500. The Labute approximate surface area is 122 Å². The monoisotopic (exact) mass is 294 g/mol. The van der Waals surface area contributed by atoms with E-state index in [2.05, 4.69) is 5.32 Å². The van der Waals surface area contributed by atoms with Crippen molar-refractivity contribution in [1.29, 1.82) is 0 Å². The van der Waals surface area contributed by atoms with Crippen LogP contribution in [0.2, 0.25) is 0 Å². The van der Waals surface area contributed by atoms with Crippen molar-refractivity contribution in [2.24, 2.45) is 5.92 Å². The number of nitrogens with one attached hydrogen (secondary N) is 1. The van der Waals surface area contributed by atoms with Crippen LogP contribution in [-0.4, -0.2) is 35.7 Å². The number of aliphatic hydroxyl groups excluding tert-OH is 1. The summed E-state index contributed by atoms with van der Waals surface area (Å²) >= 11 is 0. The van der Waals surface area contributed by atoms with E-state index >= 15 is 0 Å². The molecule has 1 saturated carbocycles. The van der Waals surface area contributed by atoms with Crippen molar-refractivity contribution in [1.82, 2.24) is 5.32 Å². The van der Waals surface area contributed by atoms with E-state index in [1.54, 1.807) is 0 Å². The predicted molar refractivity (Wildman–Crippen MR) is 75.3 cm³/mol. The van der Waals surface area contributed by atoms with E-state index in [-0.39, 0.29) is 35.6 Å². The Morgan fingerprint density at radius 1 is 1.52 bits per heavy atom. The van der Waals surface area contributed by atoms with Gasteiger partial charge in [0.05, 0.1) is 17.6 Å². The Morgan fingerprint density at radius 2 is 2.29 bits per heavy atom. The van der Waals surface area contributed by atoms with Crippen molar-refractivity contribution in [2.75, 3.05) is 13.7 Å². The van der Waals surface area contributed by atoms with E-state index in [1.165, 1.54) is 25.3 Å². The van der Waals surface area contributed by atoms with Gasteiger partial charge in [-0.25, -0.2) is 0 Å². The molecule has 0 aromatic heterocycles. The number of nitrogens with zero attached hydrogens (tertiary/aromatic N) is 1. The van der Waals surface area contributed by atoms with Crippen molar-refractivity contribution < 1.29 is 19.6 Å². The summed E-state index contributed by atoms with van der Waals surface area (Å²) in [6.07, 6.45) is 2.62. The van der Waals surface area contributed by atoms with Crippen LogP contribution in [0, 0.1) is 16.0 Å². The third-order valence-electron chi connectivity index (χ3n) is 3.85. The molecule has 0 bridgehead atoms. The van der Waals surface area contributed by atoms with Gasteiger partial charge in [-0.2, -0.15) is 0 Å². The number of hydrogen-bond donors (Lipinski definition) is 2. The Kier molecular flexibility index (Phi) is 4.74. The molecule has 2 N–H and O–H groups in total. The topological polar surface area (TPSA) is 102 Å². The van der Waals surface area contributed by atoms with Crippen molar-refractivity contribution in [3.63, 3.8) is 0 Å². The average Bonchev–Trinajstić information content (AvgIpc) is 2.93. The number of rotatable bonds is 5. The lowest BCUT2D eigenvalue weighted by molar-refractivity contribution is -0.385. The minimum Gasteiger partial charge on any atom is -0.490 e. The lowest BCUT2D eigenvalue weighted by atomic mass is 10.0. The van der Waals surface area contributed by atoms with Gasteiger partial charge in [-0.05, 0) is 18.9 Å². The highest BCUT2D eigenvalue weighted by atomic mass is 16.6. The van der Waals surface area contributed by atoms with E-state index in [1.807, 2.05) is 0 Å². The van der Waals surface area contributed by atoms with Gasteiger partial charge in [0, 0.05) is 24.6 Å². The summed E-state index contributed by atoms with van der Waals surface area (Å²) in [5, 5.41) is 23.1. The SMILES string of the molecule is COc1c(C(=O)NC2CCCC2CO)cccc1[N+](=O)[O-]. The minimum atomic E-state index is -0.582. The molecule has 7 nitrogen and oxygen atoms in total. The van der Waals surface area contributed by atoms with Crippen LogP contribution in [0.4, 0.5) is 5.69 Å². The standard InChI is InChI=1S/C14H18N2O5/c1-21-13-10(5-3-7-12(13)16(19)20)14(18)15-11-6-2-4-9(11)8-17/h3,5,7,9,11,17H,2,4,6,8H2,1H3,(H,15,18). The molecule has 1 fully saturated rings. The Bertz CT molecular complexity index is 546. The van der Waals surface area contributed by atoms with Gasteiger partial charge < -0.3 is 15.2 Å². The number of para-hydroxylation sites is 1. The number of carbonyl (C=O) groups is 1. The van der Waals surface area contributed by atoms with Crippen LogP contribution < -0.4 is 10.1 Å². The van der Waals surface area contributed by atoms with Crippen LogP contribution in [0.25, 0.3) is 0 Å². The third kappa shape index (κ3) is 3.13. The van der Waals surface area contributed by atoms with Gasteiger partial charge in [0.15, 0.2) is 0 Å². The maximum absolute atomic E-state index is 12.3. The zero-order chi connectivity index (χ0) is 15.4. The largest absolute Gasteiger partial charge is 0.490 e. The summed E-state index contributed by atoms with van der Waals surface area (Å²) in [7, 11) is 1.30. The molecule has 0 heterocycles. The molecule has 2 atom stereocenters. The molecule has 114 valence electrons. The summed E-state index contributed by atoms with van der Waals surface area (Å²) < 4.78 is 5.02. The lowest BCUT2D eigenvalue weighted by Crippen LogP contribution is -2.38. The highest BCUT2D eigenvalue weighted by Gasteiger charge is 2.30. The molecule has 0 radical (unpaired) electrons. The number of nitro groups is 1. The highest BCUT2D eigenvalue weighted by molar-refractivity contribution is 5.98. The van der Waals surface area contributed by atoms with Gasteiger partial charge in [0.25, 0.3) is 5.91 Å². The van der Waals surface area contributed by atoms with Gasteiger partial charge in [-0.3, -0.25) is 14.9 Å². The first kappa shape index (κ1) is 15.2. The molecule has 1 aromatic carbocycles. The van der Waals surface area contributed by atoms with Gasteiger partial charge in [-0.1, -0.05) is 12.5 Å². The van der Waals surface area contributed by atoms with E-state index in [0.717, 1.165) is 19.3 Å². The number of benzene rings is 1. The third-order valence-corrected chi connectivity index (χ3v) is 3.85. The second-order valence-corrected chi connectivity index (χ2v) is 5.07. The number of nitro benzene ring substituents is 1. The second kappa shape index (κ2) is 6.53. The summed E-state index contributed by atoms with van der Waals surface area (Å²) in [5.41, 5.74) is -0.106. The molecule has 0 spiro atoms. The molecule has 2 rings (SSSR count). The fourth-order valence-electron chi connectivity index (χ4n) is 2.75. The van der Waals surface area contributed by atoms with E-state index in [9.17, 15) is 20.0 Å². The van der Waals surface area contributed by atoms with E-state index in [0.29, 0.717) is 0 Å². The van der Waals surface area contributed by atoms with Crippen LogP contribution >= 0.6 is 0 Å². The zero-order valence-electron chi connectivity index (χ0n) is 11.7. The zero-order valence-corrected chi connectivity index (χ0v) is 11.7. The second-order valence-electron chi connectivity index (χ2n) is 5.07. The first-order valence-electron chi connectivity index (χ1n) is 6.81. The molecule has 21 heavy (non-hydrogen) atoms. The number of methoxy groups -OCH3 is 1. The molecule has 1 aliphatic carbocycles. The maximum atomic E-state index is 12.3. The van der Waals surface area contributed by atoms with Crippen LogP contribution in [0.3, 0.4) is 0 Å². The molecule has 0 aliphatic heterocycles. The van der Waals surface area contributed by atoms with Crippen molar-refractivity contribution >= 4 is 11.6 Å². The van der Waals surface area contributed by atoms with E-state index in [4.69, 9.17) is 4.74 Å². The predicted octanol–water partition coefficient (Wildman–Crippen LogP) is 1.49. The van der Waals surface area contributed by atoms with E-state index < -0.39 is 10.8 Å². The van der Waals surface area contributed by atoms with Gasteiger partial charge >= 0.3 is 5.69 Å². The Morgan fingerprint density at radius 3 is 2.90 bits per heavy atom. The Balaban J connectivity index is 2.23. The van der Waals surface area contributed by atoms with Crippen molar-refractivity contribution in [3.05, 3.63) is 33.9 Å². The van der Waals surface area contributed by atoms with Crippen LogP contribution in [-0.2, 0) is 0 Å². The number of hydrogen-bond acceptors (Lipinski definition) is 5. The van der Waals surface area contributed by atoms with Crippen LogP contribution in [0.5, 0.6) is 5.75 Å².